The second-order valence-corrected chi connectivity index (χ2v) is 6.09. The molecule has 0 saturated heterocycles. The van der Waals surface area contributed by atoms with Gasteiger partial charge in [-0.3, -0.25) is 4.79 Å². The van der Waals surface area contributed by atoms with Gasteiger partial charge >= 0.3 is 0 Å². The van der Waals surface area contributed by atoms with Crippen LogP contribution in [0.3, 0.4) is 0 Å². The van der Waals surface area contributed by atoms with Crippen molar-refractivity contribution in [3.63, 3.8) is 0 Å². The standard InChI is InChI=1S/C20H26N2O2.ClH/c1-15(13-17-11-7-8-12-19(17)24-3)22(2)20(23)14-18(21)16-9-5-4-6-10-16;/h4-12,15,18H,13-14,21H2,1-3H3;1H. The van der Waals surface area contributed by atoms with Gasteiger partial charge in [0.2, 0.25) is 5.91 Å². The summed E-state index contributed by atoms with van der Waals surface area (Å²) in [4.78, 5) is 14.3. The van der Waals surface area contributed by atoms with E-state index in [2.05, 4.69) is 0 Å². The number of hydrogen-bond acceptors (Lipinski definition) is 3. The molecule has 2 rings (SSSR count). The highest BCUT2D eigenvalue weighted by molar-refractivity contribution is 5.85. The molecule has 0 aliphatic carbocycles. The number of amides is 1. The number of likely N-dealkylation sites (N-methyl/N-ethyl adjacent to an activating group) is 1. The van der Waals surface area contributed by atoms with Crippen molar-refractivity contribution >= 4 is 18.3 Å². The number of rotatable bonds is 7. The maximum Gasteiger partial charge on any atom is 0.224 e. The Morgan fingerprint density at radius 2 is 1.72 bits per heavy atom. The van der Waals surface area contributed by atoms with Crippen LogP contribution < -0.4 is 10.5 Å². The number of nitrogens with zero attached hydrogens (tertiary/aromatic N) is 1. The molecule has 0 spiro atoms. The summed E-state index contributed by atoms with van der Waals surface area (Å²) in [5.41, 5.74) is 8.24. The number of carbonyl (C=O) groups is 1. The van der Waals surface area contributed by atoms with Crippen LogP contribution in [0.15, 0.2) is 54.6 Å². The molecule has 25 heavy (non-hydrogen) atoms. The number of methoxy groups -OCH3 is 1. The zero-order valence-electron chi connectivity index (χ0n) is 15.0. The lowest BCUT2D eigenvalue weighted by Crippen LogP contribution is -2.38. The number of hydrogen-bond donors (Lipinski definition) is 1. The van der Waals surface area contributed by atoms with Crippen LogP contribution in [-0.4, -0.2) is 31.0 Å². The quantitative estimate of drug-likeness (QED) is 0.818. The van der Waals surface area contributed by atoms with E-state index in [1.807, 2.05) is 68.6 Å². The molecule has 1 amide bonds. The molecule has 2 aromatic carbocycles. The normalized spacial score (nSPS) is 12.6. The average Bonchev–Trinajstić information content (AvgIpc) is 2.62. The van der Waals surface area contributed by atoms with Crippen molar-refractivity contribution in [3.8, 4) is 5.75 Å². The van der Waals surface area contributed by atoms with Crippen LogP contribution in [0.2, 0.25) is 0 Å². The van der Waals surface area contributed by atoms with Crippen molar-refractivity contribution < 1.29 is 9.53 Å². The van der Waals surface area contributed by atoms with Gasteiger partial charge in [-0.15, -0.1) is 12.4 Å². The minimum absolute atomic E-state index is 0. The Kier molecular flexibility index (Phi) is 8.46. The number of ether oxygens (including phenoxy) is 1. The number of halogens is 1. The predicted molar refractivity (Wildman–Crippen MR) is 104 cm³/mol. The molecule has 5 heteroatoms. The summed E-state index contributed by atoms with van der Waals surface area (Å²) >= 11 is 0. The van der Waals surface area contributed by atoms with E-state index in [1.54, 1.807) is 12.0 Å². The van der Waals surface area contributed by atoms with Crippen LogP contribution in [0.5, 0.6) is 5.75 Å². The second kappa shape index (κ2) is 10.1. The highest BCUT2D eigenvalue weighted by Crippen LogP contribution is 2.21. The van der Waals surface area contributed by atoms with E-state index in [1.165, 1.54) is 0 Å². The van der Waals surface area contributed by atoms with Gasteiger partial charge in [0.05, 0.1) is 7.11 Å². The molecule has 0 aromatic heterocycles. The monoisotopic (exact) mass is 362 g/mol. The highest BCUT2D eigenvalue weighted by atomic mass is 35.5. The first-order valence-corrected chi connectivity index (χ1v) is 8.21. The molecule has 2 N–H and O–H groups in total. The lowest BCUT2D eigenvalue weighted by atomic mass is 10.0. The van der Waals surface area contributed by atoms with E-state index >= 15 is 0 Å². The Hall–Kier alpha value is -2.04. The summed E-state index contributed by atoms with van der Waals surface area (Å²) in [6.45, 7) is 2.04. The van der Waals surface area contributed by atoms with Gasteiger partial charge in [0.1, 0.15) is 5.75 Å². The first-order chi connectivity index (χ1) is 11.5. The Labute approximate surface area is 156 Å². The van der Waals surface area contributed by atoms with Crippen molar-refractivity contribution in [2.75, 3.05) is 14.2 Å². The Morgan fingerprint density at radius 3 is 2.36 bits per heavy atom. The van der Waals surface area contributed by atoms with Crippen molar-refractivity contribution in [1.29, 1.82) is 0 Å². The van der Waals surface area contributed by atoms with Crippen molar-refractivity contribution in [1.82, 2.24) is 4.90 Å². The summed E-state index contributed by atoms with van der Waals surface area (Å²) < 4.78 is 5.39. The van der Waals surface area contributed by atoms with Gasteiger partial charge in [0, 0.05) is 25.6 Å². The van der Waals surface area contributed by atoms with Gasteiger partial charge in [-0.2, -0.15) is 0 Å². The SMILES string of the molecule is COc1ccccc1CC(C)N(C)C(=O)CC(N)c1ccccc1.Cl. The zero-order chi connectivity index (χ0) is 17.5. The van der Waals surface area contributed by atoms with Gasteiger partial charge in [-0.1, -0.05) is 48.5 Å². The summed E-state index contributed by atoms with van der Waals surface area (Å²) in [6.07, 6.45) is 1.05. The fourth-order valence-corrected chi connectivity index (χ4v) is 2.72. The molecule has 0 saturated carbocycles. The molecule has 0 heterocycles. The molecule has 2 atom stereocenters. The molecule has 4 nitrogen and oxygen atoms in total. The van der Waals surface area contributed by atoms with E-state index in [0.29, 0.717) is 6.42 Å². The van der Waals surface area contributed by atoms with Crippen LogP contribution in [0.4, 0.5) is 0 Å². The summed E-state index contributed by atoms with van der Waals surface area (Å²) in [6, 6.07) is 17.4. The van der Waals surface area contributed by atoms with Gasteiger partial charge < -0.3 is 15.4 Å². The number of benzene rings is 2. The van der Waals surface area contributed by atoms with Crippen molar-refractivity contribution in [2.45, 2.75) is 31.8 Å². The van der Waals surface area contributed by atoms with Crippen LogP contribution in [0.1, 0.15) is 30.5 Å². The van der Waals surface area contributed by atoms with Gasteiger partial charge in [-0.25, -0.2) is 0 Å². The highest BCUT2D eigenvalue weighted by Gasteiger charge is 2.20. The largest absolute Gasteiger partial charge is 0.496 e. The fraction of sp³-hybridized carbons (Fsp3) is 0.350. The molecule has 0 fully saturated rings. The van der Waals surface area contributed by atoms with Gasteiger partial charge in [-0.05, 0) is 30.5 Å². The maximum atomic E-state index is 12.5. The molecule has 136 valence electrons. The van der Waals surface area contributed by atoms with Crippen molar-refractivity contribution in [2.24, 2.45) is 5.73 Å². The molecule has 0 radical (unpaired) electrons. The van der Waals surface area contributed by atoms with E-state index in [-0.39, 0.29) is 30.4 Å². The van der Waals surface area contributed by atoms with E-state index in [9.17, 15) is 4.79 Å². The minimum atomic E-state index is -0.278. The van der Waals surface area contributed by atoms with Crippen LogP contribution in [0, 0.1) is 0 Å². The number of nitrogens with two attached hydrogens (primary N) is 1. The molecule has 2 unspecified atom stereocenters. The first kappa shape index (κ1) is 21.0. The van der Waals surface area contributed by atoms with Crippen LogP contribution >= 0.6 is 12.4 Å². The third-order valence-corrected chi connectivity index (χ3v) is 4.38. The lowest BCUT2D eigenvalue weighted by Gasteiger charge is -2.27. The second-order valence-electron chi connectivity index (χ2n) is 6.09. The average molecular weight is 363 g/mol. The summed E-state index contributed by atoms with van der Waals surface area (Å²) in [5, 5.41) is 0. The number of carbonyl (C=O) groups excluding carboxylic acids is 1. The molecule has 2 aromatic rings. The molecular weight excluding hydrogens is 336 g/mol. The summed E-state index contributed by atoms with van der Waals surface area (Å²) in [5.74, 6) is 0.903. The van der Waals surface area contributed by atoms with Gasteiger partial charge in [0.15, 0.2) is 0 Å². The smallest absolute Gasteiger partial charge is 0.224 e. The lowest BCUT2D eigenvalue weighted by molar-refractivity contribution is -0.132. The van der Waals surface area contributed by atoms with Crippen molar-refractivity contribution in [3.05, 3.63) is 65.7 Å². The molecule has 0 bridgehead atoms. The fourth-order valence-electron chi connectivity index (χ4n) is 2.72. The third kappa shape index (κ3) is 5.76. The van der Waals surface area contributed by atoms with Crippen LogP contribution in [0.25, 0.3) is 0 Å². The Bertz CT molecular complexity index is 664. The van der Waals surface area contributed by atoms with E-state index in [0.717, 1.165) is 23.3 Å². The predicted octanol–water partition coefficient (Wildman–Crippen LogP) is 3.60. The minimum Gasteiger partial charge on any atom is -0.496 e. The molecule has 0 aliphatic rings. The third-order valence-electron chi connectivity index (χ3n) is 4.38. The molecule has 0 aliphatic heterocycles. The maximum absolute atomic E-state index is 12.5. The van der Waals surface area contributed by atoms with E-state index in [4.69, 9.17) is 10.5 Å². The number of para-hydroxylation sites is 1. The molecular formula is C20H27ClN2O2. The first-order valence-electron chi connectivity index (χ1n) is 8.21. The Morgan fingerprint density at radius 1 is 1.12 bits per heavy atom. The topological polar surface area (TPSA) is 55.6 Å². The summed E-state index contributed by atoms with van der Waals surface area (Å²) in [7, 11) is 3.50. The Balaban J connectivity index is 0.00000312. The van der Waals surface area contributed by atoms with Crippen LogP contribution in [-0.2, 0) is 11.2 Å². The van der Waals surface area contributed by atoms with E-state index < -0.39 is 0 Å². The zero-order valence-corrected chi connectivity index (χ0v) is 15.8. The van der Waals surface area contributed by atoms with Gasteiger partial charge in [0.25, 0.3) is 0 Å².